The Bertz CT molecular complexity index is 363. The molecule has 4 heteroatoms. The standard InChI is InChI=1S/C13H22N4/c1-16-8-7-15-13(16)17(9-11-4-5-11)10-12-3-2-6-14-12/h7-8,11-12,14H,2-6,9-10H2,1H3. The van der Waals surface area contributed by atoms with E-state index >= 15 is 0 Å². The molecular formula is C13H22N4. The molecular weight excluding hydrogens is 212 g/mol. The van der Waals surface area contributed by atoms with Gasteiger partial charge in [-0.15, -0.1) is 0 Å². The van der Waals surface area contributed by atoms with Gasteiger partial charge >= 0.3 is 0 Å². The molecule has 1 aliphatic carbocycles. The van der Waals surface area contributed by atoms with Crippen molar-refractivity contribution in [3.63, 3.8) is 0 Å². The van der Waals surface area contributed by atoms with Crippen LogP contribution in [-0.4, -0.2) is 35.2 Å². The molecule has 2 fully saturated rings. The minimum atomic E-state index is 0.658. The van der Waals surface area contributed by atoms with Crippen molar-refractivity contribution in [3.8, 4) is 0 Å². The van der Waals surface area contributed by atoms with Crippen LogP contribution in [0.3, 0.4) is 0 Å². The van der Waals surface area contributed by atoms with Gasteiger partial charge < -0.3 is 14.8 Å². The number of imidazole rings is 1. The van der Waals surface area contributed by atoms with E-state index in [4.69, 9.17) is 0 Å². The summed E-state index contributed by atoms with van der Waals surface area (Å²) in [6, 6.07) is 0.658. The third-order valence-electron chi connectivity index (χ3n) is 3.86. The Morgan fingerprint density at radius 3 is 2.88 bits per heavy atom. The van der Waals surface area contributed by atoms with Gasteiger partial charge in [0, 0.05) is 38.6 Å². The molecule has 2 aliphatic rings. The van der Waals surface area contributed by atoms with Gasteiger partial charge in [-0.1, -0.05) is 0 Å². The summed E-state index contributed by atoms with van der Waals surface area (Å²) < 4.78 is 2.14. The van der Waals surface area contributed by atoms with Gasteiger partial charge in [-0.3, -0.25) is 0 Å². The largest absolute Gasteiger partial charge is 0.340 e. The van der Waals surface area contributed by atoms with Gasteiger partial charge in [0.2, 0.25) is 5.95 Å². The van der Waals surface area contributed by atoms with Crippen molar-refractivity contribution >= 4 is 5.95 Å². The van der Waals surface area contributed by atoms with Crippen molar-refractivity contribution in [2.45, 2.75) is 31.7 Å². The first-order chi connectivity index (χ1) is 8.33. The highest BCUT2D eigenvalue weighted by Crippen LogP contribution is 2.31. The second kappa shape index (κ2) is 4.69. The lowest BCUT2D eigenvalue weighted by Crippen LogP contribution is -2.39. The van der Waals surface area contributed by atoms with Gasteiger partial charge in [0.15, 0.2) is 0 Å². The molecule has 17 heavy (non-hydrogen) atoms. The lowest BCUT2D eigenvalue weighted by Gasteiger charge is -2.26. The van der Waals surface area contributed by atoms with Gasteiger partial charge in [-0.05, 0) is 38.1 Å². The summed E-state index contributed by atoms with van der Waals surface area (Å²) in [7, 11) is 2.09. The molecule has 0 aromatic carbocycles. The van der Waals surface area contributed by atoms with Gasteiger partial charge in [0.05, 0.1) is 0 Å². The smallest absolute Gasteiger partial charge is 0.205 e. The summed E-state index contributed by atoms with van der Waals surface area (Å²) in [5.41, 5.74) is 0. The molecule has 1 saturated heterocycles. The summed E-state index contributed by atoms with van der Waals surface area (Å²) in [6.07, 6.45) is 9.38. The van der Waals surface area contributed by atoms with Crippen LogP contribution in [0, 0.1) is 5.92 Å². The predicted molar refractivity (Wildman–Crippen MR) is 69.2 cm³/mol. The van der Waals surface area contributed by atoms with E-state index in [0.29, 0.717) is 6.04 Å². The Kier molecular flexibility index (Phi) is 3.05. The Morgan fingerprint density at radius 1 is 1.41 bits per heavy atom. The Morgan fingerprint density at radius 2 is 2.29 bits per heavy atom. The summed E-state index contributed by atoms with van der Waals surface area (Å²) in [6.45, 7) is 3.48. The predicted octanol–water partition coefficient (Wildman–Crippen LogP) is 1.39. The summed E-state index contributed by atoms with van der Waals surface area (Å²) >= 11 is 0. The Balaban J connectivity index is 1.69. The minimum Gasteiger partial charge on any atom is -0.340 e. The number of nitrogens with one attached hydrogen (secondary N) is 1. The average molecular weight is 234 g/mol. The van der Waals surface area contributed by atoms with Crippen LogP contribution in [0.4, 0.5) is 5.95 Å². The van der Waals surface area contributed by atoms with Crippen molar-refractivity contribution in [1.82, 2.24) is 14.9 Å². The van der Waals surface area contributed by atoms with Gasteiger partial charge in [-0.25, -0.2) is 4.98 Å². The molecule has 3 rings (SSSR count). The van der Waals surface area contributed by atoms with Crippen LogP contribution in [0.5, 0.6) is 0 Å². The number of aryl methyl sites for hydroxylation is 1. The van der Waals surface area contributed by atoms with Crippen LogP contribution in [0.15, 0.2) is 12.4 Å². The van der Waals surface area contributed by atoms with Gasteiger partial charge in [0.1, 0.15) is 0 Å². The van der Waals surface area contributed by atoms with E-state index in [1.807, 2.05) is 12.4 Å². The van der Waals surface area contributed by atoms with E-state index < -0.39 is 0 Å². The second-order valence-corrected chi connectivity index (χ2v) is 5.48. The van der Waals surface area contributed by atoms with E-state index in [-0.39, 0.29) is 0 Å². The number of hydrogen-bond acceptors (Lipinski definition) is 3. The monoisotopic (exact) mass is 234 g/mol. The first-order valence-electron chi connectivity index (χ1n) is 6.78. The molecule has 1 aromatic heterocycles. The topological polar surface area (TPSA) is 33.1 Å². The first-order valence-corrected chi connectivity index (χ1v) is 6.78. The fourth-order valence-corrected chi connectivity index (χ4v) is 2.69. The number of aromatic nitrogens is 2. The minimum absolute atomic E-state index is 0.658. The quantitative estimate of drug-likeness (QED) is 0.836. The molecule has 0 amide bonds. The van der Waals surface area contributed by atoms with Crippen molar-refractivity contribution < 1.29 is 0 Å². The van der Waals surface area contributed by atoms with E-state index in [0.717, 1.165) is 18.4 Å². The molecule has 1 N–H and O–H groups in total. The molecule has 0 bridgehead atoms. The zero-order valence-corrected chi connectivity index (χ0v) is 10.6. The maximum atomic E-state index is 4.50. The zero-order valence-electron chi connectivity index (χ0n) is 10.6. The first kappa shape index (κ1) is 11.1. The fourth-order valence-electron chi connectivity index (χ4n) is 2.69. The average Bonchev–Trinajstić information content (AvgIpc) is 2.80. The molecule has 1 aliphatic heterocycles. The molecule has 94 valence electrons. The third-order valence-corrected chi connectivity index (χ3v) is 3.86. The number of rotatable bonds is 5. The maximum Gasteiger partial charge on any atom is 0.205 e. The maximum absolute atomic E-state index is 4.50. The molecule has 1 atom stereocenters. The number of hydrogen-bond donors (Lipinski definition) is 1. The normalized spacial score (nSPS) is 24.2. The molecule has 1 saturated carbocycles. The molecule has 4 nitrogen and oxygen atoms in total. The lowest BCUT2D eigenvalue weighted by atomic mass is 10.2. The highest BCUT2D eigenvalue weighted by atomic mass is 15.3. The van der Waals surface area contributed by atoms with Crippen LogP contribution in [0.2, 0.25) is 0 Å². The van der Waals surface area contributed by atoms with Crippen LogP contribution in [0.1, 0.15) is 25.7 Å². The molecule has 1 aromatic rings. The Labute approximate surface area is 103 Å². The fraction of sp³-hybridized carbons (Fsp3) is 0.769. The van der Waals surface area contributed by atoms with Gasteiger partial charge in [0.25, 0.3) is 0 Å². The van der Waals surface area contributed by atoms with Crippen LogP contribution in [0.25, 0.3) is 0 Å². The lowest BCUT2D eigenvalue weighted by molar-refractivity contribution is 0.558. The summed E-state index contributed by atoms with van der Waals surface area (Å²) in [5, 5.41) is 3.58. The molecule has 0 radical (unpaired) electrons. The van der Waals surface area contributed by atoms with E-state index in [1.54, 1.807) is 0 Å². The second-order valence-electron chi connectivity index (χ2n) is 5.48. The van der Waals surface area contributed by atoms with Crippen LogP contribution in [-0.2, 0) is 7.05 Å². The summed E-state index contributed by atoms with van der Waals surface area (Å²) in [4.78, 5) is 6.97. The third kappa shape index (κ3) is 2.63. The van der Waals surface area contributed by atoms with E-state index in [1.165, 1.54) is 38.8 Å². The number of nitrogens with zero attached hydrogens (tertiary/aromatic N) is 3. The number of anilines is 1. The van der Waals surface area contributed by atoms with Crippen LogP contribution < -0.4 is 10.2 Å². The van der Waals surface area contributed by atoms with Crippen LogP contribution >= 0.6 is 0 Å². The van der Waals surface area contributed by atoms with Crippen molar-refractivity contribution in [2.75, 3.05) is 24.5 Å². The van der Waals surface area contributed by atoms with Gasteiger partial charge in [-0.2, -0.15) is 0 Å². The van der Waals surface area contributed by atoms with Crippen molar-refractivity contribution in [2.24, 2.45) is 13.0 Å². The highest BCUT2D eigenvalue weighted by Gasteiger charge is 2.28. The molecule has 0 spiro atoms. The molecule has 1 unspecified atom stereocenters. The van der Waals surface area contributed by atoms with E-state index in [2.05, 4.69) is 26.8 Å². The highest BCUT2D eigenvalue weighted by molar-refractivity contribution is 5.32. The Hall–Kier alpha value is -1.03. The van der Waals surface area contributed by atoms with Crippen molar-refractivity contribution in [1.29, 1.82) is 0 Å². The van der Waals surface area contributed by atoms with Crippen molar-refractivity contribution in [3.05, 3.63) is 12.4 Å². The summed E-state index contributed by atoms with van der Waals surface area (Å²) in [5.74, 6) is 2.04. The zero-order chi connectivity index (χ0) is 11.7. The molecule has 2 heterocycles. The SMILES string of the molecule is Cn1ccnc1N(CC1CC1)CC1CCCN1. The van der Waals surface area contributed by atoms with E-state index in [9.17, 15) is 0 Å².